The number of rotatable bonds is 3. The molecule has 0 aliphatic heterocycles. The van der Waals surface area contributed by atoms with Gasteiger partial charge in [-0.3, -0.25) is 0 Å². The maximum atomic E-state index is 11.6. The predicted octanol–water partition coefficient (Wildman–Crippen LogP) is 2.67. The number of hydrogen-bond donors (Lipinski definition) is 2. The zero-order chi connectivity index (χ0) is 14.2. The number of phenols is 1. The van der Waals surface area contributed by atoms with Crippen LogP contribution in [0, 0.1) is 6.92 Å². The number of aliphatic hydroxyl groups excluding tert-OH is 1. The lowest BCUT2D eigenvalue weighted by Crippen LogP contribution is -2.16. The van der Waals surface area contributed by atoms with Crippen molar-refractivity contribution in [1.29, 1.82) is 0 Å². The van der Waals surface area contributed by atoms with E-state index in [1.54, 1.807) is 19.9 Å². The first kappa shape index (κ1) is 14.2. The Kier molecular flexibility index (Phi) is 4.07. The van der Waals surface area contributed by atoms with Crippen LogP contribution >= 0.6 is 27.3 Å². The summed E-state index contributed by atoms with van der Waals surface area (Å²) in [6, 6.07) is 1.72. The quantitative estimate of drug-likeness (QED) is 0.836. The number of aromatic hydroxyl groups is 1. The second kappa shape index (κ2) is 5.44. The molecule has 2 N–H and O–H groups in total. The van der Waals surface area contributed by atoms with Crippen molar-refractivity contribution in [3.8, 4) is 5.75 Å². The Balaban J connectivity index is 2.56. The van der Waals surface area contributed by atoms with Gasteiger partial charge >= 0.3 is 5.97 Å². The summed E-state index contributed by atoms with van der Waals surface area (Å²) in [4.78, 5) is 15.8. The van der Waals surface area contributed by atoms with Gasteiger partial charge in [0.1, 0.15) is 5.75 Å². The highest BCUT2D eigenvalue weighted by molar-refractivity contribution is 9.11. The minimum atomic E-state index is -1.50. The lowest BCUT2D eigenvalue weighted by Gasteiger charge is -2.14. The summed E-state index contributed by atoms with van der Waals surface area (Å²) >= 11 is 4.48. The molecule has 2 rings (SSSR count). The molecule has 0 saturated carbocycles. The molecule has 1 aromatic heterocycles. The average molecular weight is 346 g/mol. The van der Waals surface area contributed by atoms with Gasteiger partial charge in [-0.2, -0.15) is 0 Å². The fraction of sp³-hybridized carbons (Fsp3) is 0.333. The molecule has 0 fully saturated rings. The number of fused-ring (bicyclic) bond motifs is 1. The molecule has 0 aliphatic carbocycles. The maximum absolute atomic E-state index is 11.6. The Labute approximate surface area is 122 Å². The first-order valence-electron chi connectivity index (χ1n) is 5.58. The Morgan fingerprint density at radius 3 is 2.95 bits per heavy atom. The molecule has 0 aliphatic rings. The summed E-state index contributed by atoms with van der Waals surface area (Å²) in [6.07, 6.45) is -1.50. The Hall–Kier alpha value is -1.18. The van der Waals surface area contributed by atoms with Gasteiger partial charge in [0, 0.05) is 5.56 Å². The molecule has 0 spiro atoms. The first-order valence-corrected chi connectivity index (χ1v) is 7.19. The van der Waals surface area contributed by atoms with Crippen molar-refractivity contribution in [3.05, 3.63) is 21.1 Å². The highest BCUT2D eigenvalue weighted by atomic mass is 79.9. The third kappa shape index (κ3) is 2.58. The fourth-order valence-electron chi connectivity index (χ4n) is 1.85. The standard InChI is InChI=1S/C12H12BrNO4S/c1-3-18-11(17)9(16)7-5(2)4-6-10(8(7)15)19-12(13)14-6/h4,9,15-16H,3H2,1-2H3/t9-/m1/s1. The molecule has 2 aromatic rings. The number of carbonyl (C=O) groups excluding carboxylic acids is 1. The molecule has 0 unspecified atom stereocenters. The normalized spacial score (nSPS) is 12.6. The van der Waals surface area contributed by atoms with Crippen molar-refractivity contribution in [2.24, 2.45) is 0 Å². The van der Waals surface area contributed by atoms with Crippen LogP contribution in [0.3, 0.4) is 0 Å². The van der Waals surface area contributed by atoms with E-state index in [0.717, 1.165) is 0 Å². The number of carbonyl (C=O) groups is 1. The Morgan fingerprint density at radius 1 is 1.63 bits per heavy atom. The van der Waals surface area contributed by atoms with Gasteiger partial charge in [0.15, 0.2) is 10.0 Å². The second-order valence-electron chi connectivity index (χ2n) is 3.93. The minimum absolute atomic E-state index is 0.126. The number of phenolic OH excluding ortho intramolecular Hbond substituents is 1. The van der Waals surface area contributed by atoms with Crippen molar-refractivity contribution >= 4 is 43.5 Å². The van der Waals surface area contributed by atoms with E-state index in [0.29, 0.717) is 19.7 Å². The molecule has 102 valence electrons. The van der Waals surface area contributed by atoms with Crippen molar-refractivity contribution in [1.82, 2.24) is 4.98 Å². The molecule has 0 amide bonds. The molecule has 1 aromatic carbocycles. The second-order valence-corrected chi connectivity index (χ2v) is 6.20. The van der Waals surface area contributed by atoms with Crippen LogP contribution in [0.4, 0.5) is 0 Å². The molecule has 0 bridgehead atoms. The monoisotopic (exact) mass is 345 g/mol. The number of ether oxygens (including phenoxy) is 1. The summed E-state index contributed by atoms with van der Waals surface area (Å²) in [6.45, 7) is 3.52. The number of aromatic nitrogens is 1. The number of thiazole rings is 1. The van der Waals surface area contributed by atoms with Crippen LogP contribution in [-0.4, -0.2) is 27.8 Å². The largest absolute Gasteiger partial charge is 0.506 e. The third-order valence-electron chi connectivity index (χ3n) is 2.66. The van der Waals surface area contributed by atoms with E-state index >= 15 is 0 Å². The van der Waals surface area contributed by atoms with Gasteiger partial charge in [0.05, 0.1) is 16.8 Å². The van der Waals surface area contributed by atoms with E-state index in [4.69, 9.17) is 4.74 Å². The van der Waals surface area contributed by atoms with E-state index in [-0.39, 0.29) is 17.9 Å². The van der Waals surface area contributed by atoms with Gasteiger partial charge < -0.3 is 14.9 Å². The van der Waals surface area contributed by atoms with E-state index in [1.165, 1.54) is 11.3 Å². The smallest absolute Gasteiger partial charge is 0.339 e. The Bertz CT molecular complexity index is 640. The number of halogens is 1. The van der Waals surface area contributed by atoms with Gasteiger partial charge in [0.2, 0.25) is 0 Å². The van der Waals surface area contributed by atoms with Crippen LogP contribution in [0.25, 0.3) is 10.2 Å². The van der Waals surface area contributed by atoms with E-state index in [9.17, 15) is 15.0 Å². The molecule has 5 nitrogen and oxygen atoms in total. The molecule has 1 heterocycles. The molecule has 0 saturated heterocycles. The fourth-order valence-corrected chi connectivity index (χ4v) is 3.25. The lowest BCUT2D eigenvalue weighted by molar-refractivity contribution is -0.153. The van der Waals surface area contributed by atoms with E-state index in [1.807, 2.05) is 0 Å². The lowest BCUT2D eigenvalue weighted by atomic mass is 10.0. The van der Waals surface area contributed by atoms with Gasteiger partial charge in [-0.15, -0.1) is 11.3 Å². The topological polar surface area (TPSA) is 79.7 Å². The van der Waals surface area contributed by atoms with E-state index in [2.05, 4.69) is 20.9 Å². The molecule has 1 atom stereocenters. The summed E-state index contributed by atoms with van der Waals surface area (Å²) < 4.78 is 5.91. The Morgan fingerprint density at radius 2 is 2.32 bits per heavy atom. The summed E-state index contributed by atoms with van der Waals surface area (Å²) in [5.74, 6) is -0.900. The van der Waals surface area contributed by atoms with Crippen LogP contribution < -0.4 is 0 Å². The molecular weight excluding hydrogens is 334 g/mol. The zero-order valence-electron chi connectivity index (χ0n) is 10.3. The molecule has 0 radical (unpaired) electrons. The highest BCUT2D eigenvalue weighted by Gasteiger charge is 2.26. The van der Waals surface area contributed by atoms with Crippen LogP contribution in [0.1, 0.15) is 24.2 Å². The molecule has 7 heteroatoms. The van der Waals surface area contributed by atoms with Crippen LogP contribution in [0.5, 0.6) is 5.75 Å². The highest BCUT2D eigenvalue weighted by Crippen LogP contribution is 2.40. The predicted molar refractivity (Wildman–Crippen MR) is 75.3 cm³/mol. The molecule has 19 heavy (non-hydrogen) atoms. The summed E-state index contributed by atoms with van der Waals surface area (Å²) in [7, 11) is 0. The first-order chi connectivity index (χ1) is 8.95. The van der Waals surface area contributed by atoms with Crippen LogP contribution in [0.15, 0.2) is 9.98 Å². The summed E-state index contributed by atoms with van der Waals surface area (Å²) in [5, 5.41) is 20.2. The number of nitrogens with zero attached hydrogens (tertiary/aromatic N) is 1. The van der Waals surface area contributed by atoms with Gasteiger partial charge in [-0.05, 0) is 41.4 Å². The molecular formula is C12H12BrNO4S. The number of benzene rings is 1. The maximum Gasteiger partial charge on any atom is 0.339 e. The van der Waals surface area contributed by atoms with Crippen molar-refractivity contribution in [2.45, 2.75) is 20.0 Å². The van der Waals surface area contributed by atoms with Crippen molar-refractivity contribution < 1.29 is 19.7 Å². The minimum Gasteiger partial charge on any atom is -0.506 e. The third-order valence-corrected chi connectivity index (χ3v) is 4.19. The SMILES string of the molecule is CCOC(=O)[C@H](O)c1c(C)cc2nc(Br)sc2c1O. The van der Waals surface area contributed by atoms with Crippen LogP contribution in [0.2, 0.25) is 0 Å². The van der Waals surface area contributed by atoms with Crippen LogP contribution in [-0.2, 0) is 9.53 Å². The van der Waals surface area contributed by atoms with E-state index < -0.39 is 12.1 Å². The number of esters is 1. The average Bonchev–Trinajstić information content (AvgIpc) is 2.70. The number of aryl methyl sites for hydroxylation is 1. The number of hydrogen-bond acceptors (Lipinski definition) is 6. The number of aliphatic hydroxyl groups is 1. The van der Waals surface area contributed by atoms with Crippen molar-refractivity contribution in [2.75, 3.05) is 6.61 Å². The summed E-state index contributed by atoms with van der Waals surface area (Å²) in [5.41, 5.74) is 1.37. The van der Waals surface area contributed by atoms with Gasteiger partial charge in [-0.25, -0.2) is 9.78 Å². The van der Waals surface area contributed by atoms with Gasteiger partial charge in [-0.1, -0.05) is 0 Å². The zero-order valence-corrected chi connectivity index (χ0v) is 12.7. The van der Waals surface area contributed by atoms with Crippen molar-refractivity contribution in [3.63, 3.8) is 0 Å². The van der Waals surface area contributed by atoms with Gasteiger partial charge in [0.25, 0.3) is 0 Å².